The summed E-state index contributed by atoms with van der Waals surface area (Å²) in [5, 5.41) is 0. The number of amides is 2. The maximum Gasteiger partial charge on any atom is 0.242 e. The highest BCUT2D eigenvalue weighted by molar-refractivity contribution is 5.87. The van der Waals surface area contributed by atoms with Gasteiger partial charge in [0.1, 0.15) is 5.75 Å². The Hall–Kier alpha value is -2.76. The monoisotopic (exact) mass is 467 g/mol. The molecule has 6 heteroatoms. The number of benzene rings is 1. The van der Waals surface area contributed by atoms with Crippen LogP contribution in [0, 0.1) is 5.92 Å². The lowest BCUT2D eigenvalue weighted by atomic mass is 10.1. The van der Waals surface area contributed by atoms with Gasteiger partial charge >= 0.3 is 0 Å². The first-order valence-electron chi connectivity index (χ1n) is 12.8. The van der Waals surface area contributed by atoms with Crippen LogP contribution in [0.1, 0.15) is 70.6 Å². The van der Waals surface area contributed by atoms with Gasteiger partial charge in [0, 0.05) is 36.9 Å². The number of nitrogens with zero attached hydrogens (tertiary/aromatic N) is 3. The molecule has 2 aromatic rings. The summed E-state index contributed by atoms with van der Waals surface area (Å²) in [7, 11) is 1.68. The first kappa shape index (κ1) is 25.9. The van der Waals surface area contributed by atoms with Gasteiger partial charge in [-0.15, -0.1) is 0 Å². The van der Waals surface area contributed by atoms with Crippen molar-refractivity contribution in [1.82, 2.24) is 14.4 Å². The van der Waals surface area contributed by atoms with Crippen molar-refractivity contribution >= 4 is 11.8 Å². The van der Waals surface area contributed by atoms with Crippen molar-refractivity contribution in [3.63, 3.8) is 0 Å². The van der Waals surface area contributed by atoms with E-state index < -0.39 is 0 Å². The summed E-state index contributed by atoms with van der Waals surface area (Å²) < 4.78 is 7.55. The molecule has 2 amide bonds. The van der Waals surface area contributed by atoms with E-state index in [0.29, 0.717) is 19.6 Å². The zero-order valence-electron chi connectivity index (χ0n) is 21.3. The first-order chi connectivity index (χ1) is 16.5. The average molecular weight is 468 g/mol. The normalized spacial score (nSPS) is 14.0. The quantitative estimate of drug-likeness (QED) is 0.363. The van der Waals surface area contributed by atoms with E-state index in [9.17, 15) is 9.59 Å². The van der Waals surface area contributed by atoms with Crippen molar-refractivity contribution in [3.05, 3.63) is 53.9 Å². The standard InChI is InChI=1S/C28H41N3O3/c1-5-7-8-16-30(28(33)24-14-15-24)21-27(32)31(22(3)6-2)20-25-12-10-17-29(25)19-23-11-9-13-26(18-23)34-4/h9-13,17-18,22,24H,5-8,14-16,19-21H2,1-4H3. The summed E-state index contributed by atoms with van der Waals surface area (Å²) in [5.41, 5.74) is 2.23. The maximum atomic E-state index is 13.5. The van der Waals surface area contributed by atoms with Crippen molar-refractivity contribution in [3.8, 4) is 5.75 Å². The van der Waals surface area contributed by atoms with Crippen molar-refractivity contribution < 1.29 is 14.3 Å². The van der Waals surface area contributed by atoms with Gasteiger partial charge in [0.2, 0.25) is 11.8 Å². The molecule has 1 aliphatic rings. The fourth-order valence-corrected chi connectivity index (χ4v) is 4.26. The molecule has 1 aromatic carbocycles. The topological polar surface area (TPSA) is 54.8 Å². The van der Waals surface area contributed by atoms with E-state index in [1.165, 1.54) is 0 Å². The van der Waals surface area contributed by atoms with E-state index >= 15 is 0 Å². The van der Waals surface area contributed by atoms with E-state index in [-0.39, 0.29) is 30.3 Å². The minimum atomic E-state index is 0.0361. The summed E-state index contributed by atoms with van der Waals surface area (Å²) in [5.74, 6) is 1.17. The van der Waals surface area contributed by atoms with Crippen LogP contribution in [0.2, 0.25) is 0 Å². The van der Waals surface area contributed by atoms with Crippen LogP contribution in [0.4, 0.5) is 0 Å². The Balaban J connectivity index is 1.72. The molecule has 1 atom stereocenters. The molecular weight excluding hydrogens is 426 g/mol. The van der Waals surface area contributed by atoms with Gasteiger partial charge < -0.3 is 19.1 Å². The number of methoxy groups -OCH3 is 1. The Labute approximate surface area is 204 Å². The highest BCUT2D eigenvalue weighted by Crippen LogP contribution is 2.31. The number of rotatable bonds is 14. The van der Waals surface area contributed by atoms with Crippen LogP contribution < -0.4 is 4.74 Å². The van der Waals surface area contributed by atoms with Crippen LogP contribution in [0.15, 0.2) is 42.6 Å². The van der Waals surface area contributed by atoms with Crippen LogP contribution in [0.3, 0.4) is 0 Å². The number of hydrogen-bond acceptors (Lipinski definition) is 3. The zero-order chi connectivity index (χ0) is 24.5. The molecule has 34 heavy (non-hydrogen) atoms. The van der Waals surface area contributed by atoms with E-state index in [1.54, 1.807) is 7.11 Å². The van der Waals surface area contributed by atoms with Gasteiger partial charge in [-0.05, 0) is 62.4 Å². The van der Waals surface area contributed by atoms with Gasteiger partial charge in [0.25, 0.3) is 0 Å². The molecule has 0 N–H and O–H groups in total. The number of aromatic nitrogens is 1. The number of unbranched alkanes of at least 4 members (excludes halogenated alkanes) is 2. The average Bonchev–Trinajstić information content (AvgIpc) is 3.61. The lowest BCUT2D eigenvalue weighted by Gasteiger charge is -2.32. The molecule has 1 fully saturated rings. The van der Waals surface area contributed by atoms with Gasteiger partial charge in [-0.2, -0.15) is 0 Å². The van der Waals surface area contributed by atoms with Crippen molar-refractivity contribution in [2.24, 2.45) is 5.92 Å². The molecule has 1 heterocycles. The maximum absolute atomic E-state index is 13.5. The Morgan fingerprint density at radius 1 is 1.15 bits per heavy atom. The van der Waals surface area contributed by atoms with Crippen LogP contribution >= 0.6 is 0 Å². The van der Waals surface area contributed by atoms with Gasteiger partial charge in [0.05, 0.1) is 20.2 Å². The molecule has 0 saturated heterocycles. The number of carbonyl (C=O) groups excluding carboxylic acids is 2. The van der Waals surface area contributed by atoms with Gasteiger partial charge in [-0.1, -0.05) is 38.8 Å². The predicted molar refractivity (Wildman–Crippen MR) is 136 cm³/mol. The minimum Gasteiger partial charge on any atom is -0.497 e. The smallest absolute Gasteiger partial charge is 0.242 e. The molecule has 1 unspecified atom stereocenters. The second-order valence-corrected chi connectivity index (χ2v) is 9.50. The van der Waals surface area contributed by atoms with Gasteiger partial charge in [-0.25, -0.2) is 0 Å². The highest BCUT2D eigenvalue weighted by atomic mass is 16.5. The first-order valence-corrected chi connectivity index (χ1v) is 12.8. The van der Waals surface area contributed by atoms with Crippen molar-refractivity contribution in [1.29, 1.82) is 0 Å². The lowest BCUT2D eigenvalue weighted by molar-refractivity contribution is -0.143. The lowest BCUT2D eigenvalue weighted by Crippen LogP contribution is -2.46. The third kappa shape index (κ3) is 7.12. The highest BCUT2D eigenvalue weighted by Gasteiger charge is 2.35. The third-order valence-corrected chi connectivity index (χ3v) is 6.78. The van der Waals surface area contributed by atoms with E-state index in [4.69, 9.17) is 4.74 Å². The summed E-state index contributed by atoms with van der Waals surface area (Å²) in [6.45, 7) is 8.46. The minimum absolute atomic E-state index is 0.0361. The Bertz CT molecular complexity index is 934. The molecule has 186 valence electrons. The molecule has 6 nitrogen and oxygen atoms in total. The summed E-state index contributed by atoms with van der Waals surface area (Å²) in [6, 6.07) is 12.3. The van der Waals surface area contributed by atoms with E-state index in [2.05, 4.69) is 43.7 Å². The van der Waals surface area contributed by atoms with Crippen LogP contribution in [0.5, 0.6) is 5.75 Å². The van der Waals surface area contributed by atoms with Crippen LogP contribution in [0.25, 0.3) is 0 Å². The molecule has 1 saturated carbocycles. The van der Waals surface area contributed by atoms with Crippen molar-refractivity contribution in [2.75, 3.05) is 20.2 Å². The predicted octanol–water partition coefficient (Wildman–Crippen LogP) is 5.10. The van der Waals surface area contributed by atoms with E-state index in [0.717, 1.165) is 55.5 Å². The molecule has 1 aliphatic carbocycles. The van der Waals surface area contributed by atoms with Crippen LogP contribution in [-0.4, -0.2) is 52.4 Å². The largest absolute Gasteiger partial charge is 0.497 e. The zero-order valence-corrected chi connectivity index (χ0v) is 21.3. The van der Waals surface area contributed by atoms with Gasteiger partial charge in [-0.3, -0.25) is 9.59 Å². The number of hydrogen-bond donors (Lipinski definition) is 0. The second-order valence-electron chi connectivity index (χ2n) is 9.50. The van der Waals surface area contributed by atoms with E-state index in [1.807, 2.05) is 34.1 Å². The fourth-order valence-electron chi connectivity index (χ4n) is 4.26. The Kier molecular flexibility index (Phi) is 9.61. The third-order valence-electron chi connectivity index (χ3n) is 6.78. The molecule has 1 aromatic heterocycles. The Morgan fingerprint density at radius 3 is 2.62 bits per heavy atom. The molecule has 0 aliphatic heterocycles. The molecule has 0 bridgehead atoms. The fraction of sp³-hybridized carbons (Fsp3) is 0.571. The summed E-state index contributed by atoms with van der Waals surface area (Å²) >= 11 is 0. The summed E-state index contributed by atoms with van der Waals surface area (Å²) in [4.78, 5) is 30.2. The molecule has 3 rings (SSSR count). The number of ether oxygens (including phenoxy) is 1. The van der Waals surface area contributed by atoms with Crippen molar-refractivity contribution in [2.45, 2.75) is 78.4 Å². The molecule has 0 spiro atoms. The molecular formula is C28H41N3O3. The Morgan fingerprint density at radius 2 is 1.94 bits per heavy atom. The number of carbonyl (C=O) groups is 2. The SMILES string of the molecule is CCCCCN(CC(=O)N(Cc1cccn1Cc1cccc(OC)c1)C(C)CC)C(=O)C1CC1. The molecule has 0 radical (unpaired) electrons. The van der Waals surface area contributed by atoms with Gasteiger partial charge in [0.15, 0.2) is 0 Å². The second kappa shape index (κ2) is 12.6. The summed E-state index contributed by atoms with van der Waals surface area (Å²) in [6.07, 6.45) is 7.98. The van der Waals surface area contributed by atoms with Crippen LogP contribution in [-0.2, 0) is 22.7 Å².